The number of methoxy groups -OCH3 is 1. The Kier molecular flexibility index (Phi) is 3.31. The molecule has 0 spiro atoms. The predicted molar refractivity (Wildman–Crippen MR) is 74.3 cm³/mol. The number of ketones is 1. The average molecular weight is 259 g/mol. The van der Waals surface area contributed by atoms with Gasteiger partial charge in [0.15, 0.2) is 0 Å². The molecular weight excluding hydrogens is 238 g/mol. The minimum Gasteiger partial charge on any atom is -0.496 e. The van der Waals surface area contributed by atoms with Crippen LogP contribution in [0.15, 0.2) is 18.2 Å². The second-order valence-corrected chi connectivity index (χ2v) is 5.82. The molecule has 19 heavy (non-hydrogen) atoms. The van der Waals surface area contributed by atoms with E-state index in [1.165, 1.54) is 24.0 Å². The highest BCUT2D eigenvalue weighted by Crippen LogP contribution is 2.36. The fraction of sp³-hybridized carbons (Fsp3) is 0.562. The topological polar surface area (TPSA) is 29.5 Å². The van der Waals surface area contributed by atoms with Gasteiger partial charge in [-0.25, -0.2) is 0 Å². The van der Waals surface area contributed by atoms with Crippen molar-refractivity contribution in [1.29, 1.82) is 0 Å². The van der Waals surface area contributed by atoms with Crippen molar-refractivity contribution in [3.05, 3.63) is 29.3 Å². The minimum atomic E-state index is 0.444. The monoisotopic (exact) mass is 259 g/mol. The zero-order valence-corrected chi connectivity index (χ0v) is 11.7. The van der Waals surface area contributed by atoms with E-state index in [0.717, 1.165) is 25.1 Å². The van der Waals surface area contributed by atoms with E-state index in [9.17, 15) is 4.79 Å². The standard InChI is InChI=1S/C16H21NO2/c1-11-3-6-16(19-2)12(7-11)10-17-13-4-5-14(17)9-15(18)8-13/h3,6-7,13-14H,4-5,8-10H2,1-2H3. The first-order valence-electron chi connectivity index (χ1n) is 7.08. The quantitative estimate of drug-likeness (QED) is 0.836. The number of rotatable bonds is 3. The van der Waals surface area contributed by atoms with Crippen molar-refractivity contribution in [2.24, 2.45) is 0 Å². The molecule has 0 aliphatic carbocycles. The summed E-state index contributed by atoms with van der Waals surface area (Å²) in [4.78, 5) is 14.2. The van der Waals surface area contributed by atoms with Gasteiger partial charge in [-0.2, -0.15) is 0 Å². The lowest BCUT2D eigenvalue weighted by Gasteiger charge is -2.34. The van der Waals surface area contributed by atoms with Gasteiger partial charge < -0.3 is 4.74 Å². The van der Waals surface area contributed by atoms with Crippen LogP contribution in [0.4, 0.5) is 0 Å². The zero-order chi connectivity index (χ0) is 13.4. The van der Waals surface area contributed by atoms with Gasteiger partial charge in [-0.1, -0.05) is 17.7 Å². The van der Waals surface area contributed by atoms with Crippen LogP contribution in [0.25, 0.3) is 0 Å². The summed E-state index contributed by atoms with van der Waals surface area (Å²) in [5.74, 6) is 1.40. The lowest BCUT2D eigenvalue weighted by molar-refractivity contribution is -0.123. The van der Waals surface area contributed by atoms with Crippen molar-refractivity contribution in [2.45, 2.75) is 51.2 Å². The van der Waals surface area contributed by atoms with Gasteiger partial charge in [-0.05, 0) is 25.8 Å². The smallest absolute Gasteiger partial charge is 0.136 e. The van der Waals surface area contributed by atoms with E-state index in [2.05, 4.69) is 24.0 Å². The lowest BCUT2D eigenvalue weighted by Crippen LogP contribution is -2.42. The second-order valence-electron chi connectivity index (χ2n) is 5.82. The van der Waals surface area contributed by atoms with Gasteiger partial charge in [0, 0.05) is 37.0 Å². The SMILES string of the molecule is COc1ccc(C)cc1CN1C2CCC1CC(=O)C2. The van der Waals surface area contributed by atoms with Crippen LogP contribution in [-0.4, -0.2) is 29.9 Å². The Morgan fingerprint density at radius 2 is 1.95 bits per heavy atom. The molecule has 0 N–H and O–H groups in total. The van der Waals surface area contributed by atoms with Crippen molar-refractivity contribution in [3.63, 3.8) is 0 Å². The van der Waals surface area contributed by atoms with E-state index >= 15 is 0 Å². The molecule has 2 aliphatic rings. The van der Waals surface area contributed by atoms with Gasteiger partial charge in [-0.3, -0.25) is 9.69 Å². The predicted octanol–water partition coefficient (Wildman–Crippen LogP) is 2.70. The number of carbonyl (C=O) groups is 1. The summed E-state index contributed by atoms with van der Waals surface area (Å²) < 4.78 is 5.46. The zero-order valence-electron chi connectivity index (χ0n) is 11.7. The highest BCUT2D eigenvalue weighted by atomic mass is 16.5. The van der Waals surface area contributed by atoms with Crippen LogP contribution >= 0.6 is 0 Å². The van der Waals surface area contributed by atoms with E-state index in [1.54, 1.807) is 7.11 Å². The maximum atomic E-state index is 11.6. The van der Waals surface area contributed by atoms with Crippen LogP contribution in [0.1, 0.15) is 36.8 Å². The molecular formula is C16H21NO2. The number of benzene rings is 1. The van der Waals surface area contributed by atoms with E-state index in [-0.39, 0.29) is 0 Å². The molecule has 2 saturated heterocycles. The molecule has 2 heterocycles. The third kappa shape index (κ3) is 2.39. The van der Waals surface area contributed by atoms with Crippen molar-refractivity contribution >= 4 is 5.78 Å². The molecule has 3 heteroatoms. The molecule has 2 atom stereocenters. The van der Waals surface area contributed by atoms with Crippen LogP contribution in [0.5, 0.6) is 5.75 Å². The van der Waals surface area contributed by atoms with Crippen LogP contribution in [0.3, 0.4) is 0 Å². The summed E-state index contributed by atoms with van der Waals surface area (Å²) in [5.41, 5.74) is 2.50. The number of nitrogens with zero attached hydrogens (tertiary/aromatic N) is 1. The average Bonchev–Trinajstić information content (AvgIpc) is 2.62. The number of fused-ring (bicyclic) bond motifs is 2. The molecule has 2 unspecified atom stereocenters. The first kappa shape index (κ1) is 12.7. The Hall–Kier alpha value is -1.35. The van der Waals surface area contributed by atoms with Gasteiger partial charge in [0.25, 0.3) is 0 Å². The van der Waals surface area contributed by atoms with Gasteiger partial charge in [0.2, 0.25) is 0 Å². The van der Waals surface area contributed by atoms with Gasteiger partial charge >= 0.3 is 0 Å². The van der Waals surface area contributed by atoms with E-state index in [1.807, 2.05) is 6.07 Å². The minimum absolute atomic E-state index is 0.444. The highest BCUT2D eigenvalue weighted by molar-refractivity contribution is 5.81. The molecule has 3 nitrogen and oxygen atoms in total. The van der Waals surface area contributed by atoms with E-state index in [0.29, 0.717) is 17.9 Å². The number of ether oxygens (including phenoxy) is 1. The third-order valence-corrected chi connectivity index (χ3v) is 4.49. The Bertz CT molecular complexity index is 482. The summed E-state index contributed by atoms with van der Waals surface area (Å²) >= 11 is 0. The Morgan fingerprint density at radius 1 is 1.26 bits per heavy atom. The summed E-state index contributed by atoms with van der Waals surface area (Å²) in [6, 6.07) is 7.24. The third-order valence-electron chi connectivity index (χ3n) is 4.49. The molecule has 0 amide bonds. The summed E-state index contributed by atoms with van der Waals surface area (Å²) in [7, 11) is 1.72. The maximum absolute atomic E-state index is 11.6. The van der Waals surface area contributed by atoms with E-state index in [4.69, 9.17) is 4.74 Å². The number of aryl methyl sites for hydroxylation is 1. The number of hydrogen-bond donors (Lipinski definition) is 0. The fourth-order valence-corrected chi connectivity index (χ4v) is 3.55. The normalized spacial score (nSPS) is 26.7. The molecule has 1 aromatic rings. The number of hydrogen-bond acceptors (Lipinski definition) is 3. The molecule has 2 aliphatic heterocycles. The van der Waals surface area contributed by atoms with Crippen molar-refractivity contribution in [2.75, 3.05) is 7.11 Å². The fourth-order valence-electron chi connectivity index (χ4n) is 3.55. The molecule has 0 saturated carbocycles. The van der Waals surface area contributed by atoms with Crippen LogP contribution in [0.2, 0.25) is 0 Å². The molecule has 0 aromatic heterocycles. The molecule has 0 radical (unpaired) electrons. The van der Waals surface area contributed by atoms with Crippen molar-refractivity contribution in [1.82, 2.24) is 4.90 Å². The van der Waals surface area contributed by atoms with Gasteiger partial charge in [-0.15, -0.1) is 0 Å². The summed E-state index contributed by atoms with van der Waals surface area (Å²) in [6.07, 6.45) is 3.82. The Morgan fingerprint density at radius 3 is 2.58 bits per heavy atom. The highest BCUT2D eigenvalue weighted by Gasteiger charge is 2.40. The summed E-state index contributed by atoms with van der Waals surface area (Å²) in [5, 5.41) is 0. The van der Waals surface area contributed by atoms with E-state index < -0.39 is 0 Å². The van der Waals surface area contributed by atoms with Crippen LogP contribution < -0.4 is 4.74 Å². The summed E-state index contributed by atoms with van der Waals surface area (Å²) in [6.45, 7) is 3.02. The first-order valence-corrected chi connectivity index (χ1v) is 7.08. The van der Waals surface area contributed by atoms with Crippen molar-refractivity contribution in [3.8, 4) is 5.75 Å². The maximum Gasteiger partial charge on any atom is 0.136 e. The van der Waals surface area contributed by atoms with Crippen molar-refractivity contribution < 1.29 is 9.53 Å². The molecule has 102 valence electrons. The number of Topliss-reactive ketones (excluding diaryl/α,β-unsaturated/α-hetero) is 1. The molecule has 3 rings (SSSR count). The first-order chi connectivity index (χ1) is 9.17. The van der Waals surface area contributed by atoms with Crippen LogP contribution in [0, 0.1) is 6.92 Å². The molecule has 2 bridgehead atoms. The molecule has 1 aromatic carbocycles. The molecule has 2 fully saturated rings. The van der Waals surface area contributed by atoms with Crippen LogP contribution in [-0.2, 0) is 11.3 Å². The number of carbonyl (C=O) groups excluding carboxylic acids is 1. The number of piperidine rings is 1. The second kappa shape index (κ2) is 4.97. The Labute approximate surface area is 114 Å². The largest absolute Gasteiger partial charge is 0.496 e. The Balaban J connectivity index is 1.82. The lowest BCUT2D eigenvalue weighted by atomic mass is 10.00. The van der Waals surface area contributed by atoms with Gasteiger partial charge in [0.05, 0.1) is 7.11 Å². The van der Waals surface area contributed by atoms with Gasteiger partial charge in [0.1, 0.15) is 11.5 Å².